The number of hydrogen-bond donors (Lipinski definition) is 0. The van der Waals surface area contributed by atoms with Crippen LogP contribution in [0.2, 0.25) is 5.02 Å². The van der Waals surface area contributed by atoms with E-state index < -0.39 is 48.6 Å². The standard InChI is InChI=1S/C34H35ClN2O11S/c1-18(45-31-14-28(46-20(3)39)32(47-21(4)40)29(48-31)16-43-19(2)38)15-44-26-11-10-24(12-27(26)42-5)37-17-36-25-13-30(49-33(25)34(37)41)22-6-8-23(35)9-7-22/h6-13,17-18,28-29,31-32H,14-16H2,1-5H3/t18?,28-,29-,31+,32+/m1/s1. The number of thiophene rings is 1. The van der Waals surface area contributed by atoms with Crippen molar-refractivity contribution in [2.75, 3.05) is 20.3 Å². The Balaban J connectivity index is 1.27. The second kappa shape index (κ2) is 15.8. The number of methoxy groups -OCH3 is 1. The minimum atomic E-state index is -1.01. The number of carbonyl (C=O) groups is 3. The van der Waals surface area contributed by atoms with Gasteiger partial charge in [-0.1, -0.05) is 23.7 Å². The van der Waals surface area contributed by atoms with Crippen molar-refractivity contribution in [1.29, 1.82) is 0 Å². The fraction of sp³-hybridized carbons (Fsp3) is 0.382. The number of hydrogen-bond acceptors (Lipinski definition) is 13. The molecular formula is C34H35ClN2O11S. The van der Waals surface area contributed by atoms with Crippen molar-refractivity contribution in [3.8, 4) is 27.6 Å². The van der Waals surface area contributed by atoms with Crippen molar-refractivity contribution < 1.29 is 47.5 Å². The van der Waals surface area contributed by atoms with Gasteiger partial charge in [-0.15, -0.1) is 11.3 Å². The van der Waals surface area contributed by atoms with Gasteiger partial charge in [-0.3, -0.25) is 23.7 Å². The van der Waals surface area contributed by atoms with E-state index in [1.807, 2.05) is 18.2 Å². The third-order valence-corrected chi connectivity index (χ3v) is 8.82. The molecule has 0 spiro atoms. The molecule has 1 aliphatic rings. The molecule has 5 rings (SSSR count). The van der Waals surface area contributed by atoms with Crippen LogP contribution in [-0.2, 0) is 38.1 Å². The molecule has 4 aromatic rings. The summed E-state index contributed by atoms with van der Waals surface area (Å²) in [4.78, 5) is 54.0. The molecule has 2 aromatic heterocycles. The van der Waals surface area contributed by atoms with Gasteiger partial charge in [-0.2, -0.15) is 0 Å². The van der Waals surface area contributed by atoms with Gasteiger partial charge in [0, 0.05) is 43.2 Å². The van der Waals surface area contributed by atoms with Crippen molar-refractivity contribution in [1.82, 2.24) is 9.55 Å². The zero-order valence-corrected chi connectivity index (χ0v) is 28.9. The molecule has 0 saturated carbocycles. The molecule has 1 aliphatic heterocycles. The van der Waals surface area contributed by atoms with E-state index in [4.69, 9.17) is 44.8 Å². The molecule has 3 heterocycles. The summed E-state index contributed by atoms with van der Waals surface area (Å²) in [6.07, 6.45) is -2.80. The number of benzene rings is 2. The highest BCUT2D eigenvalue weighted by Crippen LogP contribution is 2.33. The van der Waals surface area contributed by atoms with E-state index in [0.717, 1.165) is 10.4 Å². The number of halogens is 1. The van der Waals surface area contributed by atoms with Crippen molar-refractivity contribution in [2.45, 2.75) is 64.8 Å². The molecular weight excluding hydrogens is 680 g/mol. The third-order valence-electron chi connectivity index (χ3n) is 7.40. The van der Waals surface area contributed by atoms with Crippen molar-refractivity contribution in [3.05, 3.63) is 70.2 Å². The molecule has 0 aliphatic carbocycles. The molecule has 1 fully saturated rings. The van der Waals surface area contributed by atoms with Gasteiger partial charge in [-0.05, 0) is 42.8 Å². The van der Waals surface area contributed by atoms with Crippen molar-refractivity contribution in [2.24, 2.45) is 0 Å². The summed E-state index contributed by atoms with van der Waals surface area (Å²) in [5.41, 5.74) is 1.84. The Morgan fingerprint density at radius 3 is 2.43 bits per heavy atom. The maximum Gasteiger partial charge on any atom is 0.303 e. The predicted octanol–water partition coefficient (Wildman–Crippen LogP) is 5.10. The summed E-state index contributed by atoms with van der Waals surface area (Å²) in [7, 11) is 1.49. The first-order valence-corrected chi connectivity index (χ1v) is 16.5. The fourth-order valence-corrected chi connectivity index (χ4v) is 6.44. The number of esters is 3. The van der Waals surface area contributed by atoms with Gasteiger partial charge in [0.05, 0.1) is 24.4 Å². The topological polar surface area (TPSA) is 151 Å². The average Bonchev–Trinajstić information content (AvgIpc) is 3.49. The predicted molar refractivity (Wildman–Crippen MR) is 179 cm³/mol. The monoisotopic (exact) mass is 714 g/mol. The Morgan fingerprint density at radius 1 is 1.02 bits per heavy atom. The van der Waals surface area contributed by atoms with Gasteiger partial charge in [0.25, 0.3) is 5.56 Å². The molecule has 5 atom stereocenters. The van der Waals surface area contributed by atoms with Crippen LogP contribution < -0.4 is 15.0 Å². The molecule has 1 saturated heterocycles. The first kappa shape index (κ1) is 35.8. The molecule has 2 aromatic carbocycles. The molecule has 0 radical (unpaired) electrons. The minimum Gasteiger partial charge on any atom is -0.493 e. The zero-order valence-electron chi connectivity index (χ0n) is 27.4. The number of fused-ring (bicyclic) bond motifs is 1. The lowest BCUT2D eigenvalue weighted by Gasteiger charge is -2.40. The van der Waals surface area contributed by atoms with Crippen LogP contribution in [0.4, 0.5) is 0 Å². The van der Waals surface area contributed by atoms with Crippen molar-refractivity contribution in [3.63, 3.8) is 0 Å². The summed E-state index contributed by atoms with van der Waals surface area (Å²) >= 11 is 7.38. The Kier molecular flexibility index (Phi) is 11.5. The Labute approximate surface area is 290 Å². The highest BCUT2D eigenvalue weighted by atomic mass is 35.5. The Morgan fingerprint density at radius 2 is 1.76 bits per heavy atom. The summed E-state index contributed by atoms with van der Waals surface area (Å²) in [6.45, 7) is 5.25. The van der Waals surface area contributed by atoms with E-state index in [0.29, 0.717) is 32.4 Å². The van der Waals surface area contributed by atoms with Gasteiger partial charge in [0.15, 0.2) is 23.9 Å². The molecule has 0 amide bonds. The van der Waals surface area contributed by atoms with Crippen LogP contribution in [0.3, 0.4) is 0 Å². The molecule has 15 heteroatoms. The van der Waals surface area contributed by atoms with E-state index in [9.17, 15) is 19.2 Å². The van der Waals surface area contributed by atoms with Crippen molar-refractivity contribution >= 4 is 51.1 Å². The SMILES string of the molecule is COc1cc(-n2cnc3cc(-c4ccc(Cl)cc4)sc3c2=O)ccc1OCC(C)O[C@@H]1C[C@@H](OC(C)=O)[C@H](OC(C)=O)[C@@H](COC(C)=O)O1. The normalized spacial score (nSPS) is 19.6. The summed E-state index contributed by atoms with van der Waals surface area (Å²) < 4.78 is 41.5. The van der Waals surface area contributed by atoms with Crippen LogP contribution in [0.25, 0.3) is 26.3 Å². The number of aromatic nitrogens is 2. The lowest BCUT2D eigenvalue weighted by Crippen LogP contribution is -2.54. The average molecular weight is 715 g/mol. The summed E-state index contributed by atoms with van der Waals surface area (Å²) in [5, 5.41) is 0.628. The summed E-state index contributed by atoms with van der Waals surface area (Å²) in [6, 6.07) is 14.3. The van der Waals surface area contributed by atoms with Gasteiger partial charge in [0.2, 0.25) is 0 Å². The Bertz CT molecular complexity index is 1880. The molecule has 0 N–H and O–H groups in total. The second-order valence-corrected chi connectivity index (χ2v) is 12.7. The van der Waals surface area contributed by atoms with E-state index in [2.05, 4.69) is 4.98 Å². The second-order valence-electron chi connectivity index (χ2n) is 11.2. The first-order chi connectivity index (χ1) is 23.4. The van der Waals surface area contributed by atoms with E-state index >= 15 is 0 Å². The van der Waals surface area contributed by atoms with Gasteiger partial charge in [0.1, 0.15) is 36.4 Å². The number of nitrogens with zero attached hydrogens (tertiary/aromatic N) is 2. The first-order valence-electron chi connectivity index (χ1n) is 15.3. The largest absolute Gasteiger partial charge is 0.493 e. The molecule has 260 valence electrons. The molecule has 49 heavy (non-hydrogen) atoms. The highest BCUT2D eigenvalue weighted by Gasteiger charge is 2.44. The van der Waals surface area contributed by atoms with Crippen LogP contribution in [0.1, 0.15) is 34.1 Å². The Hall–Kier alpha value is -4.50. The molecule has 1 unspecified atom stereocenters. The summed E-state index contributed by atoms with van der Waals surface area (Å²) in [5.74, 6) is -0.988. The van der Waals surface area contributed by atoms with Crippen LogP contribution in [-0.4, -0.2) is 78.5 Å². The molecule has 0 bridgehead atoms. The molecule has 13 nitrogen and oxygen atoms in total. The van der Waals surface area contributed by atoms with Crippen LogP contribution in [0, 0.1) is 0 Å². The maximum atomic E-state index is 13.5. The van der Waals surface area contributed by atoms with E-state index in [1.165, 1.54) is 50.1 Å². The maximum absolute atomic E-state index is 13.5. The fourth-order valence-electron chi connectivity index (χ4n) is 5.27. The highest BCUT2D eigenvalue weighted by molar-refractivity contribution is 7.22. The van der Waals surface area contributed by atoms with E-state index in [1.54, 1.807) is 37.3 Å². The van der Waals surface area contributed by atoms with Gasteiger partial charge in [-0.25, -0.2) is 4.98 Å². The van der Waals surface area contributed by atoms with Crippen LogP contribution in [0.15, 0.2) is 59.7 Å². The lowest BCUT2D eigenvalue weighted by atomic mass is 10.0. The number of carbonyl (C=O) groups excluding carboxylic acids is 3. The van der Waals surface area contributed by atoms with Crippen LogP contribution >= 0.6 is 22.9 Å². The van der Waals surface area contributed by atoms with Crippen LogP contribution in [0.5, 0.6) is 11.5 Å². The van der Waals surface area contributed by atoms with Gasteiger partial charge < -0.3 is 33.2 Å². The lowest BCUT2D eigenvalue weighted by molar-refractivity contribution is -0.276. The minimum absolute atomic E-state index is 0.0506. The smallest absolute Gasteiger partial charge is 0.303 e. The number of rotatable bonds is 12. The third kappa shape index (κ3) is 8.95. The van der Waals surface area contributed by atoms with E-state index in [-0.39, 0.29) is 25.2 Å². The quantitative estimate of drug-likeness (QED) is 0.142. The number of ether oxygens (including phenoxy) is 7. The van der Waals surface area contributed by atoms with Gasteiger partial charge >= 0.3 is 17.9 Å². The zero-order chi connectivity index (χ0) is 35.2.